The molecule has 0 bridgehead atoms. The van der Waals surface area contributed by atoms with Crippen molar-refractivity contribution in [1.82, 2.24) is 0 Å². The fourth-order valence-corrected chi connectivity index (χ4v) is 1.53. The molecular weight excluding hydrogens is 222 g/mol. The molecule has 78 valence electrons. The fourth-order valence-electron chi connectivity index (χ4n) is 1.27. The molecule has 0 aliphatic rings. The molecule has 4 heteroatoms. The molecule has 0 amide bonds. The summed E-state index contributed by atoms with van der Waals surface area (Å²) in [6.45, 7) is 0. The smallest absolute Gasteiger partial charge is 0.159 e. The van der Waals surface area contributed by atoms with Crippen LogP contribution in [0.3, 0.4) is 0 Å². The molecule has 1 heterocycles. The highest BCUT2D eigenvalue weighted by molar-refractivity contribution is 6.22. The minimum absolute atomic E-state index is 0.463. The first-order valence-electron chi connectivity index (χ1n) is 4.31. The van der Waals surface area contributed by atoms with Crippen LogP contribution in [0.2, 0.25) is 0 Å². The Morgan fingerprint density at radius 1 is 1.13 bits per heavy atom. The van der Waals surface area contributed by atoms with Gasteiger partial charge in [0.05, 0.1) is 6.26 Å². The van der Waals surface area contributed by atoms with Crippen molar-refractivity contribution >= 4 is 11.6 Å². The van der Waals surface area contributed by atoms with Gasteiger partial charge in [-0.2, -0.15) is 0 Å². The van der Waals surface area contributed by atoms with Gasteiger partial charge in [-0.25, -0.2) is 8.78 Å². The summed E-state index contributed by atoms with van der Waals surface area (Å²) in [5, 5.41) is -0.602. The molecule has 1 unspecified atom stereocenters. The van der Waals surface area contributed by atoms with Crippen molar-refractivity contribution in [2.45, 2.75) is 5.38 Å². The summed E-state index contributed by atoms with van der Waals surface area (Å²) < 4.78 is 30.7. The molecule has 0 spiro atoms. The van der Waals surface area contributed by atoms with Crippen LogP contribution in [0.15, 0.2) is 41.0 Å². The Balaban J connectivity index is 2.34. The summed E-state index contributed by atoms with van der Waals surface area (Å²) in [7, 11) is 0. The van der Waals surface area contributed by atoms with Gasteiger partial charge in [0.2, 0.25) is 0 Å². The molecule has 2 rings (SSSR count). The van der Waals surface area contributed by atoms with E-state index in [2.05, 4.69) is 0 Å². The molecule has 0 fully saturated rings. The summed E-state index contributed by atoms with van der Waals surface area (Å²) >= 11 is 6.01. The van der Waals surface area contributed by atoms with E-state index < -0.39 is 17.0 Å². The van der Waals surface area contributed by atoms with E-state index in [0.717, 1.165) is 12.1 Å². The van der Waals surface area contributed by atoms with Gasteiger partial charge in [-0.15, -0.1) is 11.6 Å². The van der Waals surface area contributed by atoms with E-state index in [9.17, 15) is 8.78 Å². The monoisotopic (exact) mass is 228 g/mol. The first kappa shape index (κ1) is 10.2. The van der Waals surface area contributed by atoms with E-state index in [4.69, 9.17) is 16.0 Å². The number of rotatable bonds is 2. The van der Waals surface area contributed by atoms with Crippen LogP contribution in [-0.4, -0.2) is 0 Å². The second kappa shape index (κ2) is 4.03. The van der Waals surface area contributed by atoms with Crippen molar-refractivity contribution in [2.75, 3.05) is 0 Å². The van der Waals surface area contributed by atoms with E-state index in [1.807, 2.05) is 0 Å². The SMILES string of the molecule is Fc1ccc(C(Cl)c2ccco2)cc1F. The van der Waals surface area contributed by atoms with Crippen LogP contribution in [0.25, 0.3) is 0 Å². The molecule has 0 aliphatic carbocycles. The summed E-state index contributed by atoms with van der Waals surface area (Å²) in [6.07, 6.45) is 1.48. The highest BCUT2D eigenvalue weighted by Crippen LogP contribution is 2.29. The number of benzene rings is 1. The molecule has 2 aromatic rings. The van der Waals surface area contributed by atoms with Crippen LogP contribution in [-0.2, 0) is 0 Å². The maximum atomic E-state index is 12.9. The van der Waals surface area contributed by atoms with Crippen LogP contribution in [0.4, 0.5) is 8.78 Å². The highest BCUT2D eigenvalue weighted by atomic mass is 35.5. The molecule has 0 aliphatic heterocycles. The lowest BCUT2D eigenvalue weighted by atomic mass is 10.1. The maximum Gasteiger partial charge on any atom is 0.159 e. The van der Waals surface area contributed by atoms with Crippen molar-refractivity contribution in [3.05, 3.63) is 59.6 Å². The number of halogens is 3. The third-order valence-corrected chi connectivity index (χ3v) is 2.50. The van der Waals surface area contributed by atoms with Crippen LogP contribution < -0.4 is 0 Å². The first-order valence-corrected chi connectivity index (χ1v) is 4.74. The molecule has 0 saturated heterocycles. The molecule has 1 aromatic carbocycles. The van der Waals surface area contributed by atoms with Crippen LogP contribution >= 0.6 is 11.6 Å². The van der Waals surface area contributed by atoms with Crippen LogP contribution in [0.5, 0.6) is 0 Å². The summed E-state index contributed by atoms with van der Waals surface area (Å²) in [6, 6.07) is 6.90. The topological polar surface area (TPSA) is 13.1 Å². The number of furan rings is 1. The zero-order valence-electron chi connectivity index (χ0n) is 7.58. The Morgan fingerprint density at radius 3 is 2.53 bits per heavy atom. The number of alkyl halides is 1. The van der Waals surface area contributed by atoms with E-state index in [0.29, 0.717) is 11.3 Å². The van der Waals surface area contributed by atoms with E-state index in [1.165, 1.54) is 12.3 Å². The lowest BCUT2D eigenvalue weighted by Gasteiger charge is -2.06. The molecule has 0 saturated carbocycles. The van der Waals surface area contributed by atoms with Crippen molar-refractivity contribution in [3.63, 3.8) is 0 Å². The molecule has 0 radical (unpaired) electrons. The zero-order chi connectivity index (χ0) is 10.8. The molecule has 1 nitrogen and oxygen atoms in total. The average molecular weight is 229 g/mol. The molecular formula is C11H7ClF2O. The number of hydrogen-bond acceptors (Lipinski definition) is 1. The van der Waals surface area contributed by atoms with Crippen molar-refractivity contribution in [1.29, 1.82) is 0 Å². The maximum absolute atomic E-state index is 12.9. The summed E-state index contributed by atoms with van der Waals surface area (Å²) in [5.74, 6) is -1.30. The Morgan fingerprint density at radius 2 is 1.93 bits per heavy atom. The minimum atomic E-state index is -0.912. The largest absolute Gasteiger partial charge is 0.467 e. The average Bonchev–Trinajstić information content (AvgIpc) is 2.74. The lowest BCUT2D eigenvalue weighted by Crippen LogP contribution is -1.94. The van der Waals surface area contributed by atoms with Gasteiger partial charge >= 0.3 is 0 Å². The third-order valence-electron chi connectivity index (χ3n) is 2.03. The second-order valence-corrected chi connectivity index (χ2v) is 3.49. The lowest BCUT2D eigenvalue weighted by molar-refractivity contribution is 0.501. The van der Waals surface area contributed by atoms with E-state index >= 15 is 0 Å². The quantitative estimate of drug-likeness (QED) is 0.711. The van der Waals surface area contributed by atoms with Gasteiger partial charge in [0.1, 0.15) is 11.1 Å². The van der Waals surface area contributed by atoms with Gasteiger partial charge in [-0.05, 0) is 29.8 Å². The normalized spacial score (nSPS) is 12.7. The Hall–Kier alpha value is -1.35. The van der Waals surface area contributed by atoms with Crippen molar-refractivity contribution in [2.24, 2.45) is 0 Å². The predicted molar refractivity (Wildman–Crippen MR) is 52.8 cm³/mol. The first-order chi connectivity index (χ1) is 7.18. The Labute approximate surface area is 90.3 Å². The Kier molecular flexibility index (Phi) is 2.73. The van der Waals surface area contributed by atoms with Crippen molar-refractivity contribution < 1.29 is 13.2 Å². The number of hydrogen-bond donors (Lipinski definition) is 0. The van der Waals surface area contributed by atoms with E-state index in [1.54, 1.807) is 12.1 Å². The van der Waals surface area contributed by atoms with Gasteiger partial charge in [-0.1, -0.05) is 6.07 Å². The Bertz CT molecular complexity index is 454. The van der Waals surface area contributed by atoms with Gasteiger partial charge in [0.15, 0.2) is 11.6 Å². The summed E-state index contributed by atoms with van der Waals surface area (Å²) in [5.41, 5.74) is 0.463. The van der Waals surface area contributed by atoms with Crippen LogP contribution in [0, 0.1) is 11.6 Å². The standard InChI is InChI=1S/C11H7ClF2O/c12-11(10-2-1-5-15-10)7-3-4-8(13)9(14)6-7/h1-6,11H. The predicted octanol–water partition coefficient (Wildman–Crippen LogP) is 3.89. The summed E-state index contributed by atoms with van der Waals surface area (Å²) in [4.78, 5) is 0. The third kappa shape index (κ3) is 2.02. The van der Waals surface area contributed by atoms with Gasteiger partial charge in [-0.3, -0.25) is 0 Å². The molecule has 1 atom stereocenters. The zero-order valence-corrected chi connectivity index (χ0v) is 8.34. The van der Waals surface area contributed by atoms with E-state index in [-0.39, 0.29) is 0 Å². The fraction of sp³-hybridized carbons (Fsp3) is 0.0909. The van der Waals surface area contributed by atoms with Crippen LogP contribution in [0.1, 0.15) is 16.7 Å². The van der Waals surface area contributed by atoms with Crippen molar-refractivity contribution in [3.8, 4) is 0 Å². The van der Waals surface area contributed by atoms with Gasteiger partial charge in [0, 0.05) is 0 Å². The molecule has 1 aromatic heterocycles. The second-order valence-electron chi connectivity index (χ2n) is 3.05. The molecule has 0 N–H and O–H groups in total. The highest BCUT2D eigenvalue weighted by Gasteiger charge is 2.15. The minimum Gasteiger partial charge on any atom is -0.467 e. The van der Waals surface area contributed by atoms with Gasteiger partial charge in [0.25, 0.3) is 0 Å². The van der Waals surface area contributed by atoms with Gasteiger partial charge < -0.3 is 4.42 Å². The molecule has 15 heavy (non-hydrogen) atoms.